The van der Waals surface area contributed by atoms with Gasteiger partial charge >= 0.3 is 0 Å². The van der Waals surface area contributed by atoms with Crippen LogP contribution in [0.15, 0.2) is 77.7 Å². The minimum Gasteiger partial charge on any atom is -0.497 e. The number of hydrogen-bond acceptors (Lipinski definition) is 4. The van der Waals surface area contributed by atoms with Gasteiger partial charge in [-0.25, -0.2) is 8.42 Å². The molecular weight excluding hydrogens is 424 g/mol. The van der Waals surface area contributed by atoms with E-state index in [1.807, 2.05) is 48.5 Å². The first-order valence-corrected chi connectivity index (χ1v) is 11.9. The van der Waals surface area contributed by atoms with E-state index in [1.165, 1.54) is 22.0 Å². The zero-order valence-electron chi connectivity index (χ0n) is 18.2. The molecule has 0 N–H and O–H groups in total. The SMILES string of the molecule is COc1cccc(CN(C)C(=O)c2ccc(S(=O)(=O)N3CCc4ccccc4C3)cc2)c1. The molecule has 3 aromatic carbocycles. The molecule has 1 heterocycles. The molecule has 32 heavy (non-hydrogen) atoms. The third-order valence-electron chi connectivity index (χ3n) is 5.74. The van der Waals surface area contributed by atoms with E-state index in [0.29, 0.717) is 31.6 Å². The van der Waals surface area contributed by atoms with Gasteiger partial charge in [0.15, 0.2) is 0 Å². The lowest BCUT2D eigenvalue weighted by atomic mass is 10.0. The van der Waals surface area contributed by atoms with Crippen LogP contribution in [0.1, 0.15) is 27.0 Å². The highest BCUT2D eigenvalue weighted by molar-refractivity contribution is 7.89. The predicted molar refractivity (Wildman–Crippen MR) is 123 cm³/mol. The van der Waals surface area contributed by atoms with E-state index >= 15 is 0 Å². The molecule has 0 atom stereocenters. The Morgan fingerprint density at radius 3 is 2.44 bits per heavy atom. The third-order valence-corrected chi connectivity index (χ3v) is 7.59. The molecule has 0 aromatic heterocycles. The first-order valence-electron chi connectivity index (χ1n) is 10.4. The highest BCUT2D eigenvalue weighted by Crippen LogP contribution is 2.25. The van der Waals surface area contributed by atoms with Crippen LogP contribution in [-0.2, 0) is 29.5 Å². The first-order chi connectivity index (χ1) is 15.4. The van der Waals surface area contributed by atoms with Crippen molar-refractivity contribution < 1.29 is 17.9 Å². The van der Waals surface area contributed by atoms with Crippen molar-refractivity contribution in [1.82, 2.24) is 9.21 Å². The second-order valence-corrected chi connectivity index (χ2v) is 9.83. The van der Waals surface area contributed by atoms with Gasteiger partial charge in [0.2, 0.25) is 10.0 Å². The van der Waals surface area contributed by atoms with Crippen LogP contribution in [0, 0.1) is 0 Å². The van der Waals surface area contributed by atoms with Gasteiger partial charge in [0.1, 0.15) is 5.75 Å². The van der Waals surface area contributed by atoms with E-state index in [1.54, 1.807) is 31.2 Å². The van der Waals surface area contributed by atoms with Crippen molar-refractivity contribution in [3.63, 3.8) is 0 Å². The van der Waals surface area contributed by atoms with Crippen molar-refractivity contribution in [2.24, 2.45) is 0 Å². The van der Waals surface area contributed by atoms with Gasteiger partial charge < -0.3 is 9.64 Å². The Kier molecular flexibility index (Phi) is 6.30. The summed E-state index contributed by atoms with van der Waals surface area (Å²) in [6.07, 6.45) is 0.695. The fraction of sp³-hybridized carbons (Fsp3) is 0.240. The number of nitrogens with zero attached hydrogens (tertiary/aromatic N) is 2. The number of hydrogen-bond donors (Lipinski definition) is 0. The summed E-state index contributed by atoms with van der Waals surface area (Å²) < 4.78 is 33.0. The van der Waals surface area contributed by atoms with Crippen molar-refractivity contribution in [2.75, 3.05) is 20.7 Å². The maximum Gasteiger partial charge on any atom is 0.253 e. The normalized spacial score (nSPS) is 13.9. The monoisotopic (exact) mass is 450 g/mol. The molecule has 1 aliphatic heterocycles. The van der Waals surface area contributed by atoms with Crippen LogP contribution in [0.3, 0.4) is 0 Å². The van der Waals surface area contributed by atoms with Crippen molar-refractivity contribution in [3.05, 3.63) is 95.1 Å². The number of amides is 1. The van der Waals surface area contributed by atoms with Gasteiger partial charge in [-0.15, -0.1) is 0 Å². The zero-order chi connectivity index (χ0) is 22.7. The van der Waals surface area contributed by atoms with Crippen LogP contribution in [0.2, 0.25) is 0 Å². The molecule has 7 heteroatoms. The second kappa shape index (κ2) is 9.14. The Morgan fingerprint density at radius 2 is 1.72 bits per heavy atom. The molecule has 0 radical (unpaired) electrons. The van der Waals surface area contributed by atoms with E-state index in [9.17, 15) is 13.2 Å². The Balaban J connectivity index is 1.46. The Labute approximate surface area is 189 Å². The summed E-state index contributed by atoms with van der Waals surface area (Å²) in [4.78, 5) is 14.6. The van der Waals surface area contributed by atoms with Gasteiger partial charge in [-0.05, 0) is 59.5 Å². The van der Waals surface area contributed by atoms with Crippen LogP contribution in [-0.4, -0.2) is 44.2 Å². The Morgan fingerprint density at radius 1 is 1.00 bits per heavy atom. The van der Waals surface area contributed by atoms with Crippen LogP contribution in [0.5, 0.6) is 5.75 Å². The minimum atomic E-state index is -3.63. The number of carbonyl (C=O) groups excluding carboxylic acids is 1. The molecule has 0 aliphatic carbocycles. The average Bonchev–Trinajstić information content (AvgIpc) is 2.83. The summed E-state index contributed by atoms with van der Waals surface area (Å²) in [6, 6.07) is 21.7. The van der Waals surface area contributed by atoms with Crippen molar-refractivity contribution in [3.8, 4) is 5.75 Å². The van der Waals surface area contributed by atoms with Crippen LogP contribution < -0.4 is 4.74 Å². The summed E-state index contributed by atoms with van der Waals surface area (Å²) in [6.45, 7) is 1.23. The number of benzene rings is 3. The lowest BCUT2D eigenvalue weighted by Gasteiger charge is -2.28. The molecule has 6 nitrogen and oxygen atoms in total. The lowest BCUT2D eigenvalue weighted by molar-refractivity contribution is 0.0785. The standard InChI is InChI=1S/C25H26N2O4S/c1-26(17-19-6-5-9-23(16-19)31-2)25(28)21-10-12-24(13-11-21)32(29,30)27-15-14-20-7-3-4-8-22(20)18-27/h3-13,16H,14-15,17-18H2,1-2H3. The molecule has 3 aromatic rings. The molecule has 1 amide bonds. The largest absolute Gasteiger partial charge is 0.497 e. The molecular formula is C25H26N2O4S. The first kappa shape index (κ1) is 22.0. The van der Waals surface area contributed by atoms with Gasteiger partial charge in [0, 0.05) is 32.2 Å². The maximum atomic E-state index is 13.1. The Hall–Kier alpha value is -3.16. The summed E-state index contributed by atoms with van der Waals surface area (Å²) in [5.41, 5.74) is 3.62. The molecule has 0 saturated carbocycles. The molecule has 166 valence electrons. The van der Waals surface area contributed by atoms with E-state index in [2.05, 4.69) is 0 Å². The number of carbonyl (C=O) groups is 1. The highest BCUT2D eigenvalue weighted by Gasteiger charge is 2.28. The molecule has 0 unspecified atom stereocenters. The summed E-state index contributed by atoms with van der Waals surface area (Å²) in [5, 5.41) is 0. The Bertz CT molecular complexity index is 1220. The second-order valence-electron chi connectivity index (χ2n) is 7.89. The third kappa shape index (κ3) is 4.54. The molecule has 0 saturated heterocycles. The fourth-order valence-corrected chi connectivity index (χ4v) is 5.35. The van der Waals surface area contributed by atoms with Gasteiger partial charge in [-0.2, -0.15) is 4.31 Å². The molecule has 0 bridgehead atoms. The molecule has 0 fully saturated rings. The van der Waals surface area contributed by atoms with Crippen molar-refractivity contribution in [1.29, 1.82) is 0 Å². The average molecular weight is 451 g/mol. The van der Waals surface area contributed by atoms with Crippen LogP contribution in [0.25, 0.3) is 0 Å². The van der Waals surface area contributed by atoms with Crippen molar-refractivity contribution >= 4 is 15.9 Å². The fourth-order valence-electron chi connectivity index (χ4n) is 3.93. The van der Waals surface area contributed by atoms with Gasteiger partial charge in [0.25, 0.3) is 5.91 Å². The predicted octanol–water partition coefficient (Wildman–Crippen LogP) is 3.71. The molecule has 4 rings (SSSR count). The number of sulfonamides is 1. The maximum absolute atomic E-state index is 13.1. The smallest absolute Gasteiger partial charge is 0.253 e. The molecule has 0 spiro atoms. The number of ether oxygens (including phenoxy) is 1. The summed E-state index contributed by atoms with van der Waals surface area (Å²) in [7, 11) is -0.306. The quantitative estimate of drug-likeness (QED) is 0.574. The van der Waals surface area contributed by atoms with Crippen molar-refractivity contribution in [2.45, 2.75) is 24.4 Å². The minimum absolute atomic E-state index is 0.177. The van der Waals surface area contributed by atoms with E-state index in [-0.39, 0.29) is 10.8 Å². The van der Waals surface area contributed by atoms with Crippen LogP contribution in [0.4, 0.5) is 0 Å². The van der Waals surface area contributed by atoms with Gasteiger partial charge in [-0.1, -0.05) is 36.4 Å². The number of rotatable bonds is 6. The van der Waals surface area contributed by atoms with E-state index in [0.717, 1.165) is 16.9 Å². The lowest BCUT2D eigenvalue weighted by Crippen LogP contribution is -2.36. The highest BCUT2D eigenvalue weighted by atomic mass is 32.2. The van der Waals surface area contributed by atoms with E-state index < -0.39 is 10.0 Å². The van der Waals surface area contributed by atoms with Crippen LogP contribution >= 0.6 is 0 Å². The number of fused-ring (bicyclic) bond motifs is 1. The topological polar surface area (TPSA) is 66.9 Å². The molecule has 1 aliphatic rings. The number of methoxy groups -OCH3 is 1. The summed E-state index contributed by atoms with van der Waals surface area (Å²) in [5.74, 6) is 0.557. The zero-order valence-corrected chi connectivity index (χ0v) is 19.0. The van der Waals surface area contributed by atoms with Gasteiger partial charge in [0.05, 0.1) is 12.0 Å². The van der Waals surface area contributed by atoms with E-state index in [4.69, 9.17) is 4.74 Å². The van der Waals surface area contributed by atoms with Gasteiger partial charge in [-0.3, -0.25) is 4.79 Å². The summed E-state index contributed by atoms with van der Waals surface area (Å²) >= 11 is 0.